The molecular weight excluding hydrogens is 590 g/mol. The Hall–Kier alpha value is -3.13. The number of carbonyl (C=O) groups excluding carboxylic acids is 4. The van der Waals surface area contributed by atoms with Crippen LogP contribution in [0.1, 0.15) is 0 Å². The van der Waals surface area contributed by atoms with Crippen LogP contribution >= 0.6 is 25.3 Å². The Morgan fingerprint density at radius 1 is 0.585 bits per heavy atom. The number of rotatable bonds is 22. The third-order valence-corrected chi connectivity index (χ3v) is 6.01. The number of hydrogen-bond acceptors (Lipinski definition) is 14. The number of esters is 2. The fraction of sp³-hybridized carbons (Fsp3) is 0.682. The van der Waals surface area contributed by atoms with Crippen molar-refractivity contribution in [3.63, 3.8) is 0 Å². The van der Waals surface area contributed by atoms with E-state index in [-0.39, 0.29) is 37.7 Å². The molecule has 234 valence electrons. The number of methoxy groups -OCH3 is 2. The van der Waals surface area contributed by atoms with Gasteiger partial charge in [0.25, 0.3) is 0 Å². The molecule has 0 aromatic rings. The van der Waals surface area contributed by atoms with Crippen LogP contribution in [0.4, 0.5) is 0 Å². The van der Waals surface area contributed by atoms with Gasteiger partial charge in [0.1, 0.15) is 12.1 Å². The minimum Gasteiger partial charge on any atom is -0.480 e. The van der Waals surface area contributed by atoms with Crippen molar-refractivity contribution in [2.45, 2.75) is 12.1 Å². The lowest BCUT2D eigenvalue weighted by molar-refractivity contribution is -0.145. The number of aliphatic carboxylic acids is 3. The second kappa shape index (κ2) is 20.7. The summed E-state index contributed by atoms with van der Waals surface area (Å²) in [5.74, 6) is -6.72. The maximum atomic E-state index is 12.4. The summed E-state index contributed by atoms with van der Waals surface area (Å²) in [6.07, 6.45) is 0. The Labute approximate surface area is 247 Å². The molecule has 2 amide bonds. The summed E-state index contributed by atoms with van der Waals surface area (Å²) in [5.41, 5.74) is 0. The van der Waals surface area contributed by atoms with Crippen molar-refractivity contribution in [1.29, 1.82) is 0 Å². The van der Waals surface area contributed by atoms with Crippen molar-refractivity contribution in [3.05, 3.63) is 0 Å². The number of carboxylic acid groups (broad SMARTS) is 3. The Kier molecular flexibility index (Phi) is 19.1. The van der Waals surface area contributed by atoms with E-state index in [0.717, 1.165) is 14.2 Å². The quantitative estimate of drug-likeness (QED) is 0.0453. The molecule has 0 spiro atoms. The van der Waals surface area contributed by atoms with E-state index in [1.54, 1.807) is 0 Å². The van der Waals surface area contributed by atoms with E-state index < -0.39 is 86.5 Å². The van der Waals surface area contributed by atoms with Gasteiger partial charge in [0, 0.05) is 37.7 Å². The van der Waals surface area contributed by atoms with Gasteiger partial charge in [-0.05, 0) is 0 Å². The number of ether oxygens (including phenoxy) is 2. The van der Waals surface area contributed by atoms with Gasteiger partial charge in [0.05, 0.1) is 46.9 Å². The van der Waals surface area contributed by atoms with E-state index in [0.29, 0.717) is 0 Å². The predicted molar refractivity (Wildman–Crippen MR) is 148 cm³/mol. The highest BCUT2D eigenvalue weighted by molar-refractivity contribution is 7.80. The molecule has 41 heavy (non-hydrogen) atoms. The number of amides is 2. The zero-order valence-electron chi connectivity index (χ0n) is 22.7. The van der Waals surface area contributed by atoms with Crippen molar-refractivity contribution >= 4 is 66.9 Å². The summed E-state index contributed by atoms with van der Waals surface area (Å²) >= 11 is 7.94. The third kappa shape index (κ3) is 17.3. The lowest BCUT2D eigenvalue weighted by Gasteiger charge is -2.28. The van der Waals surface area contributed by atoms with E-state index in [2.05, 4.69) is 45.4 Å². The van der Waals surface area contributed by atoms with Gasteiger partial charge in [-0.1, -0.05) is 0 Å². The van der Waals surface area contributed by atoms with E-state index >= 15 is 0 Å². The summed E-state index contributed by atoms with van der Waals surface area (Å²) in [7, 11) is 2.26. The molecule has 0 fully saturated rings. The molecule has 0 aromatic carbocycles. The van der Waals surface area contributed by atoms with Crippen molar-refractivity contribution in [3.8, 4) is 0 Å². The second-order valence-electron chi connectivity index (χ2n) is 8.53. The molecule has 2 atom stereocenters. The number of carboxylic acids is 3. The molecule has 0 heterocycles. The fourth-order valence-corrected chi connectivity index (χ4v) is 3.85. The van der Waals surface area contributed by atoms with E-state index in [4.69, 9.17) is 0 Å². The standard InChI is InChI=1S/C22H37N5O12S2/c1-38-21(36)14(12-40)23-16(28)7-26(10-19(32)33)5-3-25(9-18(30)31)4-6-27(11-20(34)35)8-17(29)24-15(13-41)22(37)39-2/h14-15,40-41H,3-13H2,1-2H3,(H,23,28)(H,24,29)(H,30,31)(H,32,33)(H,34,35)/t14-,15-/m0/s1. The highest BCUT2D eigenvalue weighted by Crippen LogP contribution is 1.99. The van der Waals surface area contributed by atoms with Gasteiger partial charge in [-0.2, -0.15) is 25.3 Å². The minimum atomic E-state index is -1.26. The molecule has 0 saturated carbocycles. The molecule has 0 unspecified atom stereocenters. The predicted octanol–water partition coefficient (Wildman–Crippen LogP) is -3.68. The molecule has 19 heteroatoms. The summed E-state index contributed by atoms with van der Waals surface area (Å²) in [4.78, 5) is 86.0. The Morgan fingerprint density at radius 2 is 0.878 bits per heavy atom. The van der Waals surface area contributed by atoms with Crippen LogP contribution in [0.15, 0.2) is 0 Å². The first kappa shape index (κ1) is 37.9. The number of hydrogen-bond donors (Lipinski definition) is 7. The van der Waals surface area contributed by atoms with Crippen molar-refractivity contribution in [2.24, 2.45) is 0 Å². The van der Waals surface area contributed by atoms with Crippen LogP contribution in [0.25, 0.3) is 0 Å². The number of nitrogens with zero attached hydrogens (tertiary/aromatic N) is 3. The average Bonchev–Trinajstić information content (AvgIpc) is 2.89. The van der Waals surface area contributed by atoms with Crippen LogP contribution in [0.3, 0.4) is 0 Å². The van der Waals surface area contributed by atoms with E-state index in [9.17, 15) is 48.9 Å². The van der Waals surface area contributed by atoms with E-state index in [1.165, 1.54) is 14.7 Å². The van der Waals surface area contributed by atoms with Crippen molar-refractivity contribution in [2.75, 3.05) is 84.6 Å². The van der Waals surface area contributed by atoms with Crippen LogP contribution < -0.4 is 10.6 Å². The fourth-order valence-electron chi connectivity index (χ4n) is 3.37. The van der Waals surface area contributed by atoms with Crippen LogP contribution in [0, 0.1) is 0 Å². The zero-order valence-corrected chi connectivity index (χ0v) is 24.5. The first-order valence-corrected chi connectivity index (χ1v) is 13.3. The number of nitrogens with one attached hydrogen (secondary N) is 2. The molecular formula is C22H37N5O12S2. The molecule has 0 aliphatic rings. The average molecular weight is 628 g/mol. The molecule has 17 nitrogen and oxygen atoms in total. The third-order valence-electron chi connectivity index (χ3n) is 5.28. The molecule has 0 radical (unpaired) electrons. The van der Waals surface area contributed by atoms with Gasteiger partial charge < -0.3 is 35.4 Å². The molecule has 0 rings (SSSR count). The van der Waals surface area contributed by atoms with Gasteiger partial charge in [-0.3, -0.25) is 38.7 Å². The first-order chi connectivity index (χ1) is 19.3. The maximum absolute atomic E-state index is 12.4. The molecule has 5 N–H and O–H groups in total. The summed E-state index contributed by atoms with van der Waals surface area (Å²) in [6.45, 7) is -2.79. The highest BCUT2D eigenvalue weighted by atomic mass is 32.1. The largest absolute Gasteiger partial charge is 0.480 e. The topological polar surface area (TPSA) is 232 Å². The molecule has 0 aliphatic heterocycles. The molecule has 0 aromatic heterocycles. The van der Waals surface area contributed by atoms with Gasteiger partial charge in [0.15, 0.2) is 0 Å². The second-order valence-corrected chi connectivity index (χ2v) is 9.26. The highest BCUT2D eigenvalue weighted by Gasteiger charge is 2.24. The summed E-state index contributed by atoms with van der Waals surface area (Å²) < 4.78 is 9.12. The summed E-state index contributed by atoms with van der Waals surface area (Å²) in [5, 5.41) is 32.5. The number of thiol groups is 2. The SMILES string of the molecule is COC(=O)[C@H](CS)NC(=O)CN(CCN(CCN(CC(=O)O)CC(=O)N[C@@H](CS)C(=O)OC)CC(=O)O)CC(=O)O. The van der Waals surface area contributed by atoms with Crippen LogP contribution in [0.2, 0.25) is 0 Å². The Balaban J connectivity index is 5.37. The van der Waals surface area contributed by atoms with Crippen molar-refractivity contribution < 1.29 is 58.4 Å². The van der Waals surface area contributed by atoms with Crippen molar-refractivity contribution in [1.82, 2.24) is 25.3 Å². The first-order valence-electron chi connectivity index (χ1n) is 12.0. The number of carbonyl (C=O) groups is 7. The minimum absolute atomic E-state index is 0.0446. The normalized spacial score (nSPS) is 12.5. The smallest absolute Gasteiger partial charge is 0.329 e. The Morgan fingerprint density at radius 3 is 1.15 bits per heavy atom. The van der Waals surface area contributed by atoms with Gasteiger partial charge in [0.2, 0.25) is 11.8 Å². The van der Waals surface area contributed by atoms with Crippen LogP contribution in [0.5, 0.6) is 0 Å². The lowest BCUT2D eigenvalue weighted by atomic mass is 10.3. The summed E-state index contributed by atoms with van der Waals surface area (Å²) in [6, 6.07) is -2.11. The van der Waals surface area contributed by atoms with Gasteiger partial charge in [-0.15, -0.1) is 0 Å². The van der Waals surface area contributed by atoms with Gasteiger partial charge >= 0.3 is 29.8 Å². The van der Waals surface area contributed by atoms with Crippen LogP contribution in [-0.2, 0) is 43.0 Å². The molecule has 0 bridgehead atoms. The maximum Gasteiger partial charge on any atom is 0.329 e. The van der Waals surface area contributed by atoms with Crippen LogP contribution in [-0.4, -0.2) is 168 Å². The van der Waals surface area contributed by atoms with E-state index in [1.807, 2.05) is 0 Å². The van der Waals surface area contributed by atoms with Gasteiger partial charge in [-0.25, -0.2) is 9.59 Å². The molecule has 0 aliphatic carbocycles. The lowest BCUT2D eigenvalue weighted by Crippen LogP contribution is -2.50. The Bertz CT molecular complexity index is 861. The zero-order chi connectivity index (χ0) is 31.5. The monoisotopic (exact) mass is 627 g/mol. The molecule has 0 saturated heterocycles.